The summed E-state index contributed by atoms with van der Waals surface area (Å²) in [5.41, 5.74) is 8.90. The van der Waals surface area contributed by atoms with E-state index >= 15 is 0 Å². The molecule has 2 N–H and O–H groups in total. The van der Waals surface area contributed by atoms with Gasteiger partial charge in [-0.1, -0.05) is 35.9 Å². The summed E-state index contributed by atoms with van der Waals surface area (Å²) in [5.74, 6) is 1.23. The second kappa shape index (κ2) is 7.90. The van der Waals surface area contributed by atoms with Gasteiger partial charge in [0, 0.05) is 5.02 Å². The van der Waals surface area contributed by atoms with Crippen molar-refractivity contribution in [3.63, 3.8) is 0 Å². The van der Waals surface area contributed by atoms with E-state index in [-0.39, 0.29) is 12.1 Å². The van der Waals surface area contributed by atoms with Gasteiger partial charge >= 0.3 is 0 Å². The highest BCUT2D eigenvalue weighted by Crippen LogP contribution is 2.40. The second-order valence-corrected chi connectivity index (χ2v) is 7.91. The summed E-state index contributed by atoms with van der Waals surface area (Å²) in [6, 6.07) is 16.2. The quantitative estimate of drug-likeness (QED) is 0.871. The Morgan fingerprint density at radius 2 is 1.96 bits per heavy atom. The van der Waals surface area contributed by atoms with Crippen LogP contribution in [0.4, 0.5) is 0 Å². The summed E-state index contributed by atoms with van der Waals surface area (Å²) in [4.78, 5) is 2.54. The van der Waals surface area contributed by atoms with Crippen molar-refractivity contribution in [3.8, 4) is 11.8 Å². The molecule has 0 aromatic heterocycles. The number of hydrogen-bond donors (Lipinski definition) is 1. The molecule has 2 aromatic rings. The van der Waals surface area contributed by atoms with E-state index in [1.807, 2.05) is 0 Å². The number of nitriles is 1. The predicted octanol–water partition coefficient (Wildman–Crippen LogP) is 3.93. The fourth-order valence-corrected chi connectivity index (χ4v) is 4.52. The Hall–Kier alpha value is -2.06. The maximum absolute atomic E-state index is 9.47. The summed E-state index contributed by atoms with van der Waals surface area (Å²) in [6.45, 7) is 2.87. The Labute approximate surface area is 165 Å². The molecule has 1 saturated heterocycles. The van der Waals surface area contributed by atoms with Crippen molar-refractivity contribution in [1.29, 1.82) is 5.26 Å². The number of ether oxygens (including phenoxy) is 1. The van der Waals surface area contributed by atoms with E-state index in [0.29, 0.717) is 22.3 Å². The molecule has 27 heavy (non-hydrogen) atoms. The minimum absolute atomic E-state index is 0.0797. The highest BCUT2D eigenvalue weighted by atomic mass is 35.5. The first-order chi connectivity index (χ1) is 13.2. The third-order valence-corrected chi connectivity index (χ3v) is 6.14. The molecule has 4 rings (SSSR count). The summed E-state index contributed by atoms with van der Waals surface area (Å²) >= 11 is 6.05. The topological polar surface area (TPSA) is 62.3 Å². The van der Waals surface area contributed by atoms with Gasteiger partial charge in [-0.2, -0.15) is 5.26 Å². The molecular weight excluding hydrogens is 358 g/mol. The Bertz CT molecular complexity index is 855. The van der Waals surface area contributed by atoms with E-state index in [0.717, 1.165) is 38.9 Å². The van der Waals surface area contributed by atoms with Crippen LogP contribution in [0.5, 0.6) is 5.75 Å². The van der Waals surface area contributed by atoms with Crippen molar-refractivity contribution in [2.24, 2.45) is 11.7 Å². The van der Waals surface area contributed by atoms with Crippen LogP contribution in [-0.2, 0) is 6.42 Å². The van der Waals surface area contributed by atoms with E-state index < -0.39 is 0 Å². The standard InChI is InChI=1S/C22H24ClN3O/c23-18-5-6-21(17(11-18)14-25)27-22-19-4-2-1-3-16(19)12-20(22)26-9-7-15(13-24)8-10-26/h1-6,11,15,20,22H,7-10,12-13,24H2/t20-,22-/m1/s1. The number of halogens is 1. The van der Waals surface area contributed by atoms with Gasteiger partial charge in [0.1, 0.15) is 17.9 Å². The molecular formula is C22H24ClN3O. The number of nitrogens with zero attached hydrogens (tertiary/aromatic N) is 2. The van der Waals surface area contributed by atoms with Gasteiger partial charge in [0.05, 0.1) is 11.6 Å². The van der Waals surface area contributed by atoms with Crippen molar-refractivity contribution >= 4 is 11.6 Å². The molecule has 0 bridgehead atoms. The summed E-state index contributed by atoms with van der Waals surface area (Å²) in [5, 5.41) is 10.0. The van der Waals surface area contributed by atoms with Crippen molar-refractivity contribution in [2.45, 2.75) is 31.4 Å². The third-order valence-electron chi connectivity index (χ3n) is 5.91. The molecule has 0 amide bonds. The van der Waals surface area contributed by atoms with Crippen molar-refractivity contribution in [2.75, 3.05) is 19.6 Å². The van der Waals surface area contributed by atoms with Crippen LogP contribution in [0.1, 0.15) is 35.6 Å². The Kier molecular flexibility index (Phi) is 5.36. The maximum atomic E-state index is 9.47. The third kappa shape index (κ3) is 3.68. The number of benzene rings is 2. The zero-order valence-electron chi connectivity index (χ0n) is 15.3. The van der Waals surface area contributed by atoms with Crippen LogP contribution >= 0.6 is 11.6 Å². The van der Waals surface area contributed by atoms with Gasteiger partial charge in [0.25, 0.3) is 0 Å². The van der Waals surface area contributed by atoms with Crippen LogP contribution in [0.2, 0.25) is 5.02 Å². The smallest absolute Gasteiger partial charge is 0.140 e. The highest BCUT2D eigenvalue weighted by molar-refractivity contribution is 6.30. The minimum atomic E-state index is -0.0797. The van der Waals surface area contributed by atoms with E-state index in [1.165, 1.54) is 11.1 Å². The van der Waals surface area contributed by atoms with Crippen LogP contribution in [0.25, 0.3) is 0 Å². The zero-order chi connectivity index (χ0) is 18.8. The highest BCUT2D eigenvalue weighted by Gasteiger charge is 2.39. The van der Waals surface area contributed by atoms with E-state index in [1.54, 1.807) is 18.2 Å². The molecule has 1 heterocycles. The molecule has 1 aliphatic heterocycles. The lowest BCUT2D eigenvalue weighted by molar-refractivity contribution is 0.0537. The van der Waals surface area contributed by atoms with Crippen molar-refractivity contribution in [3.05, 3.63) is 64.2 Å². The summed E-state index contributed by atoms with van der Waals surface area (Å²) < 4.78 is 6.45. The molecule has 2 aromatic carbocycles. The van der Waals surface area contributed by atoms with Crippen LogP contribution < -0.4 is 10.5 Å². The fourth-order valence-electron chi connectivity index (χ4n) is 4.35. The molecule has 1 fully saturated rings. The van der Waals surface area contributed by atoms with Gasteiger partial charge < -0.3 is 10.5 Å². The number of nitrogens with two attached hydrogens (primary N) is 1. The molecule has 0 unspecified atom stereocenters. The lowest BCUT2D eigenvalue weighted by Gasteiger charge is -2.38. The first kappa shape index (κ1) is 18.3. The average molecular weight is 382 g/mol. The summed E-state index contributed by atoms with van der Waals surface area (Å²) in [7, 11) is 0. The van der Waals surface area contributed by atoms with Crippen LogP contribution in [0.15, 0.2) is 42.5 Å². The van der Waals surface area contributed by atoms with Gasteiger partial charge in [0.15, 0.2) is 0 Å². The fraction of sp³-hybridized carbons (Fsp3) is 0.409. The molecule has 0 radical (unpaired) electrons. The van der Waals surface area contributed by atoms with Crippen LogP contribution in [-0.4, -0.2) is 30.6 Å². The van der Waals surface area contributed by atoms with Gasteiger partial charge in [-0.05, 0) is 74.1 Å². The minimum Gasteiger partial charge on any atom is -0.483 e. The second-order valence-electron chi connectivity index (χ2n) is 7.48. The number of hydrogen-bond acceptors (Lipinski definition) is 4. The maximum Gasteiger partial charge on any atom is 0.140 e. The largest absolute Gasteiger partial charge is 0.483 e. The average Bonchev–Trinajstić information content (AvgIpc) is 3.08. The molecule has 2 atom stereocenters. The van der Waals surface area contributed by atoms with Gasteiger partial charge in [-0.3, -0.25) is 4.90 Å². The Morgan fingerprint density at radius 3 is 2.70 bits per heavy atom. The first-order valence-electron chi connectivity index (χ1n) is 9.58. The number of piperidine rings is 1. The van der Waals surface area contributed by atoms with E-state index in [9.17, 15) is 5.26 Å². The van der Waals surface area contributed by atoms with Crippen molar-refractivity contribution < 1.29 is 4.74 Å². The normalized spacial score (nSPS) is 23.0. The summed E-state index contributed by atoms with van der Waals surface area (Å²) in [6.07, 6.45) is 3.17. The van der Waals surface area contributed by atoms with E-state index in [2.05, 4.69) is 35.2 Å². The molecule has 0 spiro atoms. The molecule has 2 aliphatic rings. The Balaban J connectivity index is 1.62. The molecule has 1 aliphatic carbocycles. The number of likely N-dealkylation sites (tertiary alicyclic amines) is 1. The van der Waals surface area contributed by atoms with Crippen LogP contribution in [0.3, 0.4) is 0 Å². The molecule has 5 heteroatoms. The molecule has 0 saturated carbocycles. The van der Waals surface area contributed by atoms with Gasteiger partial charge in [-0.25, -0.2) is 0 Å². The van der Waals surface area contributed by atoms with Gasteiger partial charge in [0.2, 0.25) is 0 Å². The first-order valence-corrected chi connectivity index (χ1v) is 9.95. The molecule has 4 nitrogen and oxygen atoms in total. The lowest BCUT2D eigenvalue weighted by atomic mass is 9.95. The predicted molar refractivity (Wildman–Crippen MR) is 107 cm³/mol. The number of rotatable bonds is 4. The van der Waals surface area contributed by atoms with Gasteiger partial charge in [-0.15, -0.1) is 0 Å². The number of fused-ring (bicyclic) bond motifs is 1. The SMILES string of the molecule is N#Cc1cc(Cl)ccc1O[C@@H]1c2ccccc2C[C@H]1N1CCC(CN)CC1. The van der Waals surface area contributed by atoms with Crippen molar-refractivity contribution in [1.82, 2.24) is 4.90 Å². The molecule has 140 valence electrons. The zero-order valence-corrected chi connectivity index (χ0v) is 16.0. The lowest BCUT2D eigenvalue weighted by Crippen LogP contribution is -2.45. The van der Waals surface area contributed by atoms with E-state index in [4.69, 9.17) is 22.1 Å². The monoisotopic (exact) mass is 381 g/mol. The Morgan fingerprint density at radius 1 is 1.19 bits per heavy atom. The van der Waals surface area contributed by atoms with Crippen LogP contribution in [0, 0.1) is 17.2 Å².